The third-order valence-electron chi connectivity index (χ3n) is 6.16. The predicted octanol–water partition coefficient (Wildman–Crippen LogP) is 1.79. The highest BCUT2D eigenvalue weighted by Gasteiger charge is 2.41. The minimum Gasteiger partial charge on any atom is -0.376 e. The quantitative estimate of drug-likeness (QED) is 0.260. The molecular formula is C24H23N4O4+. The molecule has 8 heteroatoms. The van der Waals surface area contributed by atoms with E-state index in [1.807, 2.05) is 72.9 Å². The van der Waals surface area contributed by atoms with Crippen LogP contribution in [0, 0.1) is 6.92 Å². The Morgan fingerprint density at radius 1 is 0.844 bits per heavy atom. The van der Waals surface area contributed by atoms with Crippen LogP contribution in [0.3, 0.4) is 0 Å². The molecule has 0 fully saturated rings. The van der Waals surface area contributed by atoms with E-state index in [0.29, 0.717) is 16.8 Å². The predicted molar refractivity (Wildman–Crippen MR) is 120 cm³/mol. The molecule has 8 nitrogen and oxygen atoms in total. The molecule has 5 rings (SSSR count). The third kappa shape index (κ3) is 2.74. The molecule has 1 aliphatic heterocycles. The lowest BCUT2D eigenvalue weighted by Gasteiger charge is -2.10. The monoisotopic (exact) mass is 431 g/mol. The number of nitrogens with zero attached hydrogens (tertiary/aromatic N) is 3. The van der Waals surface area contributed by atoms with Crippen molar-refractivity contribution in [1.29, 1.82) is 0 Å². The number of carbonyl (C=O) groups excluding carboxylic acids is 2. The average molecular weight is 431 g/mol. The smallest absolute Gasteiger partial charge is 0.264 e. The Bertz CT molecular complexity index is 1470. The number of nitrogens with two attached hydrogens (primary N) is 1. The number of aryl methyl sites for hydroxylation is 3. The van der Waals surface area contributed by atoms with Gasteiger partial charge in [0.1, 0.15) is 6.73 Å². The second kappa shape index (κ2) is 7.16. The summed E-state index contributed by atoms with van der Waals surface area (Å²) in [5.74, 6) is -1.04. The minimum atomic E-state index is -0.692. The van der Waals surface area contributed by atoms with Crippen molar-refractivity contribution in [2.45, 2.75) is 6.92 Å². The first-order valence-electron chi connectivity index (χ1n) is 10.2. The first kappa shape index (κ1) is 20.2. The number of hydrogen-bond donors (Lipinski definition) is 3. The zero-order valence-electron chi connectivity index (χ0n) is 18.0. The molecule has 2 amide bonds. The number of rotatable bonds is 4. The van der Waals surface area contributed by atoms with E-state index in [1.54, 1.807) is 6.07 Å². The van der Waals surface area contributed by atoms with Gasteiger partial charge in [0.15, 0.2) is 5.69 Å². The standard InChI is InChI=1S/C24H22N4O4/c1-13-4-6-15-17(10-26(2)19(15)8-13)21-22(24(31)28(12-29)23(21)30)18-11-27(3)20-9-14(25-32)5-7-16(18)20/h4-11,25,29,32H,12H2,1-3H3/p+1. The molecule has 162 valence electrons. The maximum Gasteiger partial charge on any atom is 0.264 e. The number of aromatic nitrogens is 2. The first-order chi connectivity index (χ1) is 15.3. The van der Waals surface area contributed by atoms with Crippen LogP contribution in [0.2, 0.25) is 0 Å². The fourth-order valence-electron chi connectivity index (χ4n) is 4.58. The minimum absolute atomic E-state index is 0.267. The van der Waals surface area contributed by atoms with E-state index >= 15 is 0 Å². The molecule has 2 aromatic heterocycles. The number of fused-ring (bicyclic) bond motifs is 2. The van der Waals surface area contributed by atoms with E-state index in [-0.39, 0.29) is 11.1 Å². The van der Waals surface area contributed by atoms with Gasteiger partial charge in [0.2, 0.25) is 0 Å². The number of benzene rings is 2. The Morgan fingerprint density at radius 2 is 1.38 bits per heavy atom. The largest absolute Gasteiger partial charge is 0.376 e. The molecule has 0 spiro atoms. The fourth-order valence-corrected chi connectivity index (χ4v) is 4.58. The second-order valence-electron chi connectivity index (χ2n) is 8.16. The van der Waals surface area contributed by atoms with Crippen molar-refractivity contribution in [3.05, 3.63) is 65.5 Å². The number of imide groups is 1. The summed E-state index contributed by atoms with van der Waals surface area (Å²) in [6.45, 7) is 1.31. The maximum atomic E-state index is 13.3. The summed E-state index contributed by atoms with van der Waals surface area (Å²) in [5, 5.41) is 20.8. The van der Waals surface area contributed by atoms with Crippen molar-refractivity contribution in [2.75, 3.05) is 6.73 Å². The molecule has 0 unspecified atom stereocenters. The van der Waals surface area contributed by atoms with Crippen molar-refractivity contribution >= 4 is 50.5 Å². The topological polar surface area (TPSA) is 104 Å². The van der Waals surface area contributed by atoms with Gasteiger partial charge in [0.25, 0.3) is 11.8 Å². The molecule has 4 N–H and O–H groups in total. The highest BCUT2D eigenvalue weighted by atomic mass is 16.5. The van der Waals surface area contributed by atoms with Crippen molar-refractivity contribution in [1.82, 2.24) is 14.0 Å². The highest BCUT2D eigenvalue weighted by molar-refractivity contribution is 6.50. The van der Waals surface area contributed by atoms with Crippen LogP contribution in [0.5, 0.6) is 0 Å². The normalized spacial score (nSPS) is 14.6. The highest BCUT2D eigenvalue weighted by Crippen LogP contribution is 2.41. The Labute approximate surface area is 183 Å². The lowest BCUT2D eigenvalue weighted by Crippen LogP contribution is -2.73. The van der Waals surface area contributed by atoms with Gasteiger partial charge >= 0.3 is 0 Å². The molecule has 3 heterocycles. The maximum absolute atomic E-state index is 13.3. The Morgan fingerprint density at radius 3 is 1.91 bits per heavy atom. The number of aliphatic hydroxyl groups is 1. The van der Waals surface area contributed by atoms with Gasteiger partial charge in [-0.2, -0.15) is 5.48 Å². The lowest BCUT2D eigenvalue weighted by molar-refractivity contribution is -0.825. The van der Waals surface area contributed by atoms with Gasteiger partial charge in [-0.15, -0.1) is 0 Å². The molecular weight excluding hydrogens is 408 g/mol. The van der Waals surface area contributed by atoms with Crippen molar-refractivity contribution in [3.8, 4) is 0 Å². The van der Waals surface area contributed by atoms with Gasteiger partial charge in [-0.3, -0.25) is 14.5 Å². The van der Waals surface area contributed by atoms with Crippen LogP contribution >= 0.6 is 0 Å². The van der Waals surface area contributed by atoms with Gasteiger partial charge in [-0.1, -0.05) is 12.1 Å². The Balaban J connectivity index is 1.85. The molecule has 4 aromatic rings. The van der Waals surface area contributed by atoms with Crippen LogP contribution in [0.4, 0.5) is 5.69 Å². The zero-order chi connectivity index (χ0) is 22.7. The van der Waals surface area contributed by atoms with Crippen molar-refractivity contribution < 1.29 is 25.4 Å². The molecule has 32 heavy (non-hydrogen) atoms. The second-order valence-corrected chi connectivity index (χ2v) is 8.16. The summed E-state index contributed by atoms with van der Waals surface area (Å²) in [6.07, 6.45) is 3.66. The molecule has 0 bridgehead atoms. The Kier molecular flexibility index (Phi) is 4.52. The van der Waals surface area contributed by atoms with E-state index in [0.717, 1.165) is 37.7 Å². The summed E-state index contributed by atoms with van der Waals surface area (Å²) < 4.78 is 3.79. The van der Waals surface area contributed by atoms with E-state index in [1.165, 1.54) is 0 Å². The van der Waals surface area contributed by atoms with Gasteiger partial charge in [-0.05, 0) is 24.6 Å². The molecule has 0 saturated carbocycles. The van der Waals surface area contributed by atoms with Gasteiger partial charge in [0.05, 0.1) is 16.7 Å². The van der Waals surface area contributed by atoms with Crippen LogP contribution in [0.1, 0.15) is 16.7 Å². The molecule has 1 aliphatic rings. The van der Waals surface area contributed by atoms with Gasteiger partial charge in [0, 0.05) is 66.0 Å². The molecule has 2 aromatic carbocycles. The summed E-state index contributed by atoms with van der Waals surface area (Å²) in [4.78, 5) is 27.5. The summed E-state index contributed by atoms with van der Waals surface area (Å²) >= 11 is 0. The Hall–Kier alpha value is -3.72. The first-order valence-corrected chi connectivity index (χ1v) is 10.2. The average Bonchev–Trinajstić information content (AvgIpc) is 3.36. The fraction of sp³-hybridized carbons (Fsp3) is 0.167. The number of aliphatic hydroxyl groups excluding tert-OH is 1. The summed E-state index contributed by atoms with van der Waals surface area (Å²) in [5.41, 5.74) is 6.33. The van der Waals surface area contributed by atoms with E-state index in [2.05, 4.69) is 0 Å². The van der Waals surface area contributed by atoms with Crippen LogP contribution in [0.25, 0.3) is 33.0 Å². The molecule has 0 saturated heterocycles. The number of quaternary nitrogens is 1. The molecule has 0 radical (unpaired) electrons. The van der Waals surface area contributed by atoms with Crippen molar-refractivity contribution in [3.63, 3.8) is 0 Å². The van der Waals surface area contributed by atoms with E-state index < -0.39 is 18.5 Å². The van der Waals surface area contributed by atoms with Crippen LogP contribution in [0.15, 0.2) is 48.8 Å². The molecule has 0 atom stereocenters. The summed E-state index contributed by atoms with van der Waals surface area (Å²) in [6, 6.07) is 11.3. The van der Waals surface area contributed by atoms with Gasteiger partial charge in [-0.25, -0.2) is 5.21 Å². The molecule has 0 aliphatic carbocycles. The SMILES string of the molecule is Cc1ccc2c(C3=C(c4cn(C)c5cc([NH2+]O)ccc45)C(=O)N(CO)C3=O)cn(C)c2c1. The number of amides is 2. The van der Waals surface area contributed by atoms with E-state index in [9.17, 15) is 19.9 Å². The zero-order valence-corrected chi connectivity index (χ0v) is 18.0. The van der Waals surface area contributed by atoms with Gasteiger partial charge < -0.3 is 14.2 Å². The van der Waals surface area contributed by atoms with Crippen LogP contribution < -0.4 is 5.48 Å². The third-order valence-corrected chi connectivity index (χ3v) is 6.16. The van der Waals surface area contributed by atoms with E-state index in [4.69, 9.17) is 0 Å². The van der Waals surface area contributed by atoms with Crippen LogP contribution in [-0.2, 0) is 23.7 Å². The lowest BCUT2D eigenvalue weighted by atomic mass is 9.95. The number of hydrogen-bond acceptors (Lipinski definition) is 4. The summed E-state index contributed by atoms with van der Waals surface area (Å²) in [7, 11) is 3.75. The number of carbonyl (C=O) groups is 2. The van der Waals surface area contributed by atoms with Crippen LogP contribution in [-0.4, -0.2) is 42.9 Å². The van der Waals surface area contributed by atoms with Crippen molar-refractivity contribution in [2.24, 2.45) is 14.1 Å².